The lowest BCUT2D eigenvalue weighted by atomic mass is 10.1. The third kappa shape index (κ3) is 5.18. The molecule has 1 fully saturated rings. The van der Waals surface area contributed by atoms with Gasteiger partial charge in [-0.15, -0.1) is 0 Å². The highest BCUT2D eigenvalue weighted by Gasteiger charge is 2.16. The Morgan fingerprint density at radius 1 is 0.970 bits per heavy atom. The Bertz CT molecular complexity index is 1200. The molecule has 8 heteroatoms. The van der Waals surface area contributed by atoms with Crippen LogP contribution < -0.4 is 10.2 Å². The molecule has 1 saturated heterocycles. The molecule has 168 valence electrons. The van der Waals surface area contributed by atoms with Gasteiger partial charge in [0.05, 0.1) is 18.9 Å². The molecule has 0 radical (unpaired) electrons. The van der Waals surface area contributed by atoms with E-state index in [1.54, 1.807) is 0 Å². The van der Waals surface area contributed by atoms with Gasteiger partial charge in [-0.05, 0) is 31.2 Å². The van der Waals surface area contributed by atoms with Gasteiger partial charge >= 0.3 is 0 Å². The second kappa shape index (κ2) is 9.79. The van der Waals surface area contributed by atoms with Gasteiger partial charge in [0.15, 0.2) is 5.82 Å². The molecular formula is C25H27N7O. The number of ether oxygens (including phenoxy) is 1. The molecule has 33 heavy (non-hydrogen) atoms. The Hall–Kier alpha value is -3.78. The fourth-order valence-corrected chi connectivity index (χ4v) is 3.83. The lowest BCUT2D eigenvalue weighted by Crippen LogP contribution is -2.37. The van der Waals surface area contributed by atoms with E-state index in [9.17, 15) is 0 Å². The lowest BCUT2D eigenvalue weighted by molar-refractivity contribution is 0.122. The van der Waals surface area contributed by atoms with Crippen molar-refractivity contribution in [2.45, 2.75) is 13.3 Å². The summed E-state index contributed by atoms with van der Waals surface area (Å²) in [4.78, 5) is 16.1. The van der Waals surface area contributed by atoms with Gasteiger partial charge in [-0.2, -0.15) is 15.1 Å². The van der Waals surface area contributed by atoms with Crippen molar-refractivity contribution < 1.29 is 4.74 Å². The van der Waals surface area contributed by atoms with Crippen LogP contribution in [0.15, 0.2) is 67.0 Å². The van der Waals surface area contributed by atoms with Crippen LogP contribution in [0.1, 0.15) is 11.3 Å². The topological polar surface area (TPSA) is 81.0 Å². The number of pyridine rings is 1. The zero-order valence-corrected chi connectivity index (χ0v) is 18.7. The summed E-state index contributed by atoms with van der Waals surface area (Å²) in [5, 5.41) is 8.16. The third-order valence-electron chi connectivity index (χ3n) is 5.56. The summed E-state index contributed by atoms with van der Waals surface area (Å²) in [5.41, 5.74) is 4.24. The fourth-order valence-electron chi connectivity index (χ4n) is 3.83. The van der Waals surface area contributed by atoms with Crippen molar-refractivity contribution >= 4 is 11.8 Å². The van der Waals surface area contributed by atoms with Crippen molar-refractivity contribution in [3.05, 3.63) is 78.2 Å². The Morgan fingerprint density at radius 2 is 1.85 bits per heavy atom. The number of nitrogens with one attached hydrogen (secondary N) is 1. The van der Waals surface area contributed by atoms with Crippen molar-refractivity contribution in [2.24, 2.45) is 0 Å². The SMILES string of the molecule is Cc1cccc(-c2ccn(-c3cc(N4CCOCC4)nc(NCCc4ccccn4)n3)n2)c1. The predicted molar refractivity (Wildman–Crippen MR) is 129 cm³/mol. The first kappa shape index (κ1) is 21.1. The van der Waals surface area contributed by atoms with Crippen LogP contribution in [0.5, 0.6) is 0 Å². The van der Waals surface area contributed by atoms with Crippen LogP contribution in [-0.2, 0) is 11.2 Å². The quantitative estimate of drug-likeness (QED) is 0.470. The highest BCUT2D eigenvalue weighted by atomic mass is 16.5. The van der Waals surface area contributed by atoms with Gasteiger partial charge in [-0.1, -0.05) is 29.8 Å². The van der Waals surface area contributed by atoms with Crippen molar-refractivity contribution in [2.75, 3.05) is 43.1 Å². The average Bonchev–Trinajstić information content (AvgIpc) is 3.36. The summed E-state index contributed by atoms with van der Waals surface area (Å²) >= 11 is 0. The van der Waals surface area contributed by atoms with Crippen LogP contribution in [0, 0.1) is 6.92 Å². The third-order valence-corrected chi connectivity index (χ3v) is 5.56. The molecule has 4 aromatic rings. The van der Waals surface area contributed by atoms with Crippen LogP contribution in [0.2, 0.25) is 0 Å². The summed E-state index contributed by atoms with van der Waals surface area (Å²) in [6.07, 6.45) is 4.55. The van der Waals surface area contributed by atoms with Crippen LogP contribution in [0.25, 0.3) is 17.1 Å². The first-order chi connectivity index (χ1) is 16.2. The minimum Gasteiger partial charge on any atom is -0.378 e. The first-order valence-electron chi connectivity index (χ1n) is 11.2. The van der Waals surface area contributed by atoms with E-state index >= 15 is 0 Å². The minimum absolute atomic E-state index is 0.581. The number of nitrogens with zero attached hydrogens (tertiary/aromatic N) is 6. The molecule has 5 rings (SSSR count). The summed E-state index contributed by atoms with van der Waals surface area (Å²) in [7, 11) is 0. The van der Waals surface area contributed by atoms with E-state index in [1.165, 1.54) is 5.56 Å². The predicted octanol–water partition coefficient (Wildman–Crippen LogP) is 3.52. The van der Waals surface area contributed by atoms with Crippen LogP contribution in [0.3, 0.4) is 0 Å². The highest BCUT2D eigenvalue weighted by Crippen LogP contribution is 2.22. The van der Waals surface area contributed by atoms with E-state index in [0.717, 1.165) is 48.1 Å². The first-order valence-corrected chi connectivity index (χ1v) is 11.2. The molecule has 1 aliphatic heterocycles. The Balaban J connectivity index is 1.41. The van der Waals surface area contributed by atoms with Gasteiger partial charge in [-0.25, -0.2) is 4.68 Å². The van der Waals surface area contributed by atoms with Gasteiger partial charge in [0, 0.05) is 55.8 Å². The molecule has 0 bridgehead atoms. The molecule has 0 aliphatic carbocycles. The highest BCUT2D eigenvalue weighted by molar-refractivity contribution is 5.60. The normalized spacial score (nSPS) is 13.8. The van der Waals surface area contributed by atoms with Crippen LogP contribution in [0.4, 0.5) is 11.8 Å². The van der Waals surface area contributed by atoms with E-state index in [0.29, 0.717) is 25.7 Å². The number of benzene rings is 1. The summed E-state index contributed by atoms with van der Waals surface area (Å²) in [5.74, 6) is 2.18. The molecule has 1 N–H and O–H groups in total. The van der Waals surface area contributed by atoms with Crippen LogP contribution >= 0.6 is 0 Å². The van der Waals surface area contributed by atoms with Crippen molar-refractivity contribution in [3.8, 4) is 17.1 Å². The van der Waals surface area contributed by atoms with E-state index in [4.69, 9.17) is 19.8 Å². The molecule has 8 nitrogen and oxygen atoms in total. The zero-order valence-electron chi connectivity index (χ0n) is 18.7. The van der Waals surface area contributed by atoms with E-state index in [1.807, 2.05) is 47.4 Å². The van der Waals surface area contributed by atoms with Gasteiger partial charge in [0.25, 0.3) is 0 Å². The summed E-state index contributed by atoms with van der Waals surface area (Å²) in [6, 6.07) is 18.3. The summed E-state index contributed by atoms with van der Waals surface area (Å²) < 4.78 is 7.33. The smallest absolute Gasteiger partial charge is 0.226 e. The Kier molecular flexibility index (Phi) is 6.25. The number of aryl methyl sites for hydroxylation is 1. The minimum atomic E-state index is 0.581. The maximum absolute atomic E-state index is 5.52. The summed E-state index contributed by atoms with van der Waals surface area (Å²) in [6.45, 7) is 5.77. The monoisotopic (exact) mass is 441 g/mol. The number of hydrogen-bond donors (Lipinski definition) is 1. The molecule has 0 atom stereocenters. The van der Waals surface area contributed by atoms with E-state index in [2.05, 4.69) is 46.4 Å². The molecule has 0 amide bonds. The molecule has 0 spiro atoms. The second-order valence-electron chi connectivity index (χ2n) is 8.02. The van der Waals surface area contributed by atoms with Crippen molar-refractivity contribution in [3.63, 3.8) is 0 Å². The Labute approximate surface area is 193 Å². The number of rotatable bonds is 7. The molecule has 1 aliphatic rings. The molecule has 3 aromatic heterocycles. The van der Waals surface area contributed by atoms with Crippen molar-refractivity contribution in [1.82, 2.24) is 24.7 Å². The Morgan fingerprint density at radius 3 is 2.67 bits per heavy atom. The lowest BCUT2D eigenvalue weighted by Gasteiger charge is -2.28. The average molecular weight is 442 g/mol. The molecule has 0 saturated carbocycles. The van der Waals surface area contributed by atoms with Gasteiger partial charge in [0.1, 0.15) is 5.82 Å². The number of anilines is 2. The maximum atomic E-state index is 5.52. The van der Waals surface area contributed by atoms with Gasteiger partial charge in [-0.3, -0.25) is 4.98 Å². The second-order valence-corrected chi connectivity index (χ2v) is 8.02. The van der Waals surface area contributed by atoms with Gasteiger partial charge < -0.3 is 15.0 Å². The number of hydrogen-bond acceptors (Lipinski definition) is 7. The van der Waals surface area contributed by atoms with E-state index in [-0.39, 0.29) is 0 Å². The number of aromatic nitrogens is 5. The molecular weight excluding hydrogens is 414 g/mol. The maximum Gasteiger partial charge on any atom is 0.226 e. The van der Waals surface area contributed by atoms with E-state index < -0.39 is 0 Å². The largest absolute Gasteiger partial charge is 0.378 e. The molecule has 4 heterocycles. The van der Waals surface area contributed by atoms with Gasteiger partial charge in [0.2, 0.25) is 5.95 Å². The van der Waals surface area contributed by atoms with Crippen LogP contribution in [-0.4, -0.2) is 57.6 Å². The molecule has 0 unspecified atom stereocenters. The zero-order chi connectivity index (χ0) is 22.5. The van der Waals surface area contributed by atoms with Crippen molar-refractivity contribution in [1.29, 1.82) is 0 Å². The standard InChI is InChI=1S/C25H27N7O/c1-19-5-4-6-20(17-19)22-9-12-32(30-22)24-18-23(31-13-15-33-16-14-31)28-25(29-24)27-11-8-21-7-2-3-10-26-21/h2-7,9-10,12,17-18H,8,11,13-16H2,1H3,(H,27,28,29). The number of morpholine rings is 1. The fraction of sp³-hybridized carbons (Fsp3) is 0.280. The molecule has 1 aromatic carbocycles.